The van der Waals surface area contributed by atoms with Gasteiger partial charge >= 0.3 is 0 Å². The maximum absolute atomic E-state index is 12.8. The van der Waals surface area contributed by atoms with Crippen molar-refractivity contribution in [3.05, 3.63) is 64.4 Å². The molecule has 0 atom stereocenters. The van der Waals surface area contributed by atoms with Crippen LogP contribution < -0.4 is 10.1 Å². The number of benzene rings is 2. The van der Waals surface area contributed by atoms with Gasteiger partial charge in [0.05, 0.1) is 6.54 Å². The van der Waals surface area contributed by atoms with Crippen LogP contribution in [0, 0.1) is 5.82 Å². The highest BCUT2D eigenvalue weighted by atomic mass is 79.9. The van der Waals surface area contributed by atoms with Crippen molar-refractivity contribution in [3.63, 3.8) is 0 Å². The predicted molar refractivity (Wildman–Crippen MR) is 87.4 cm³/mol. The van der Waals surface area contributed by atoms with Crippen LogP contribution in [0.25, 0.3) is 0 Å². The van der Waals surface area contributed by atoms with Gasteiger partial charge in [-0.2, -0.15) is 0 Å². The summed E-state index contributed by atoms with van der Waals surface area (Å²) in [7, 11) is 0. The van der Waals surface area contributed by atoms with Crippen molar-refractivity contribution in [2.45, 2.75) is 12.8 Å². The van der Waals surface area contributed by atoms with Gasteiger partial charge in [0, 0.05) is 10.9 Å². The molecule has 0 radical (unpaired) electrons. The molecule has 3 nitrogen and oxygen atoms in total. The molecule has 0 aliphatic carbocycles. The molecular weight excluding hydrogens is 349 g/mol. The van der Waals surface area contributed by atoms with Crippen LogP contribution in [0.2, 0.25) is 0 Å². The van der Waals surface area contributed by atoms with Crippen LogP contribution in [0.5, 0.6) is 5.75 Å². The number of halogens is 2. The number of hydrogen-bond donors (Lipinski definition) is 1. The Hall–Kier alpha value is -1.88. The van der Waals surface area contributed by atoms with Crippen LogP contribution in [0.15, 0.2) is 53.0 Å². The largest absolute Gasteiger partial charge is 0.492 e. The summed E-state index contributed by atoms with van der Waals surface area (Å²) in [5.41, 5.74) is 0.946. The molecule has 0 saturated heterocycles. The molecule has 0 aromatic heterocycles. The lowest BCUT2D eigenvalue weighted by molar-refractivity contribution is -0.121. The number of hydrogen-bond acceptors (Lipinski definition) is 2. The zero-order chi connectivity index (χ0) is 15.8. The Labute approximate surface area is 137 Å². The van der Waals surface area contributed by atoms with Crippen LogP contribution in [0.3, 0.4) is 0 Å². The molecule has 116 valence electrons. The monoisotopic (exact) mass is 365 g/mol. The smallest absolute Gasteiger partial charge is 0.220 e. The molecule has 1 amide bonds. The number of carbonyl (C=O) groups is 1. The van der Waals surface area contributed by atoms with E-state index in [0.717, 1.165) is 15.8 Å². The minimum atomic E-state index is -0.266. The van der Waals surface area contributed by atoms with E-state index in [1.54, 1.807) is 12.1 Å². The van der Waals surface area contributed by atoms with E-state index in [1.165, 1.54) is 12.1 Å². The lowest BCUT2D eigenvalue weighted by atomic mass is 10.1. The Morgan fingerprint density at radius 3 is 2.68 bits per heavy atom. The molecule has 0 saturated carbocycles. The van der Waals surface area contributed by atoms with E-state index in [0.29, 0.717) is 26.0 Å². The van der Waals surface area contributed by atoms with Crippen LogP contribution >= 0.6 is 15.9 Å². The van der Waals surface area contributed by atoms with Gasteiger partial charge in [0.2, 0.25) is 5.91 Å². The number of aryl methyl sites for hydroxylation is 1. The third-order valence-electron chi connectivity index (χ3n) is 3.04. The van der Waals surface area contributed by atoms with Crippen molar-refractivity contribution in [2.75, 3.05) is 13.2 Å². The highest BCUT2D eigenvalue weighted by Gasteiger charge is 2.02. The molecule has 2 rings (SSSR count). The molecule has 22 heavy (non-hydrogen) atoms. The van der Waals surface area contributed by atoms with Gasteiger partial charge in [-0.25, -0.2) is 4.39 Å². The summed E-state index contributed by atoms with van der Waals surface area (Å²) in [6.07, 6.45) is 0.973. The molecule has 1 N–H and O–H groups in total. The predicted octanol–water partition coefficient (Wildman–Crippen LogP) is 3.72. The van der Waals surface area contributed by atoms with Crippen molar-refractivity contribution < 1.29 is 13.9 Å². The van der Waals surface area contributed by atoms with E-state index in [2.05, 4.69) is 21.2 Å². The molecule has 2 aromatic carbocycles. The first kappa shape index (κ1) is 16.5. The molecule has 0 fully saturated rings. The zero-order valence-corrected chi connectivity index (χ0v) is 13.6. The van der Waals surface area contributed by atoms with Crippen molar-refractivity contribution in [2.24, 2.45) is 0 Å². The fourth-order valence-electron chi connectivity index (χ4n) is 1.91. The fraction of sp³-hybridized carbons (Fsp3) is 0.235. The Bertz CT molecular complexity index is 616. The van der Waals surface area contributed by atoms with Crippen LogP contribution in [0.4, 0.5) is 4.39 Å². The Kier molecular flexibility index (Phi) is 6.40. The second-order valence-corrected chi connectivity index (χ2v) is 5.70. The first-order chi connectivity index (χ1) is 10.6. The summed E-state index contributed by atoms with van der Waals surface area (Å²) in [5, 5.41) is 2.80. The molecule has 2 aromatic rings. The van der Waals surface area contributed by atoms with Gasteiger partial charge in [-0.05, 0) is 42.3 Å². The first-order valence-corrected chi connectivity index (χ1v) is 7.82. The Morgan fingerprint density at radius 2 is 1.95 bits per heavy atom. The minimum Gasteiger partial charge on any atom is -0.492 e. The number of carbonyl (C=O) groups excluding carboxylic acids is 1. The van der Waals surface area contributed by atoms with E-state index >= 15 is 0 Å². The highest BCUT2D eigenvalue weighted by Crippen LogP contribution is 2.17. The molecular formula is C17H17BrFNO2. The van der Waals surface area contributed by atoms with Crippen molar-refractivity contribution in [1.82, 2.24) is 5.32 Å². The summed E-state index contributed by atoms with van der Waals surface area (Å²) in [4.78, 5) is 11.7. The van der Waals surface area contributed by atoms with E-state index in [4.69, 9.17) is 4.74 Å². The van der Waals surface area contributed by atoms with Crippen molar-refractivity contribution in [3.8, 4) is 5.75 Å². The number of amides is 1. The molecule has 0 unspecified atom stereocenters. The van der Waals surface area contributed by atoms with E-state index in [-0.39, 0.29) is 11.7 Å². The number of nitrogens with one attached hydrogen (secondary N) is 1. The van der Waals surface area contributed by atoms with Gasteiger partial charge in [-0.3, -0.25) is 4.79 Å². The standard InChI is InChI=1S/C17H17BrFNO2/c18-14-2-1-3-16(12-14)22-11-10-20-17(21)9-6-13-4-7-15(19)8-5-13/h1-5,7-8,12H,6,9-11H2,(H,20,21). The second-order valence-electron chi connectivity index (χ2n) is 4.78. The fourth-order valence-corrected chi connectivity index (χ4v) is 2.29. The van der Waals surface area contributed by atoms with Gasteiger partial charge in [0.25, 0.3) is 0 Å². The third-order valence-corrected chi connectivity index (χ3v) is 3.54. The molecule has 0 spiro atoms. The maximum atomic E-state index is 12.8. The number of rotatable bonds is 7. The quantitative estimate of drug-likeness (QED) is 0.759. The first-order valence-electron chi connectivity index (χ1n) is 7.03. The molecule has 0 aliphatic rings. The van der Waals surface area contributed by atoms with Gasteiger partial charge in [0.15, 0.2) is 0 Å². The van der Waals surface area contributed by atoms with Gasteiger partial charge in [-0.1, -0.05) is 34.1 Å². The summed E-state index contributed by atoms with van der Waals surface area (Å²) in [5.74, 6) is 0.454. The lowest BCUT2D eigenvalue weighted by Crippen LogP contribution is -2.28. The summed E-state index contributed by atoms with van der Waals surface area (Å²) < 4.78 is 19.2. The van der Waals surface area contributed by atoms with Crippen LogP contribution in [-0.4, -0.2) is 19.1 Å². The summed E-state index contributed by atoms with van der Waals surface area (Å²) in [6, 6.07) is 13.7. The van der Waals surface area contributed by atoms with Crippen molar-refractivity contribution in [1.29, 1.82) is 0 Å². The average Bonchev–Trinajstić information content (AvgIpc) is 2.51. The van der Waals surface area contributed by atoms with E-state index in [1.807, 2.05) is 24.3 Å². The molecule has 0 bridgehead atoms. The van der Waals surface area contributed by atoms with Gasteiger partial charge in [0.1, 0.15) is 18.2 Å². The lowest BCUT2D eigenvalue weighted by Gasteiger charge is -2.08. The molecule has 0 heterocycles. The molecule has 0 aliphatic heterocycles. The average molecular weight is 366 g/mol. The molecule has 5 heteroatoms. The van der Waals surface area contributed by atoms with Gasteiger partial charge < -0.3 is 10.1 Å². The van der Waals surface area contributed by atoms with E-state index < -0.39 is 0 Å². The summed E-state index contributed by atoms with van der Waals surface area (Å²) >= 11 is 3.37. The Morgan fingerprint density at radius 1 is 1.18 bits per heavy atom. The number of ether oxygens (including phenoxy) is 1. The zero-order valence-electron chi connectivity index (χ0n) is 12.0. The minimum absolute atomic E-state index is 0.0397. The highest BCUT2D eigenvalue weighted by molar-refractivity contribution is 9.10. The second kappa shape index (κ2) is 8.54. The van der Waals surface area contributed by atoms with E-state index in [9.17, 15) is 9.18 Å². The van der Waals surface area contributed by atoms with Gasteiger partial charge in [-0.15, -0.1) is 0 Å². The third kappa shape index (κ3) is 5.85. The van der Waals surface area contributed by atoms with Crippen LogP contribution in [-0.2, 0) is 11.2 Å². The SMILES string of the molecule is O=C(CCc1ccc(F)cc1)NCCOc1cccc(Br)c1. The van der Waals surface area contributed by atoms with Crippen molar-refractivity contribution >= 4 is 21.8 Å². The Balaban J connectivity index is 1.62. The van der Waals surface area contributed by atoms with Crippen LogP contribution in [0.1, 0.15) is 12.0 Å². The maximum Gasteiger partial charge on any atom is 0.220 e. The normalized spacial score (nSPS) is 10.3. The summed E-state index contributed by atoms with van der Waals surface area (Å²) in [6.45, 7) is 0.869. The topological polar surface area (TPSA) is 38.3 Å².